The van der Waals surface area contributed by atoms with Crippen molar-refractivity contribution in [1.82, 2.24) is 9.97 Å². The summed E-state index contributed by atoms with van der Waals surface area (Å²) >= 11 is 0. The number of nitrogens with zero attached hydrogens (tertiary/aromatic N) is 2. The average molecular weight is 641 g/mol. The summed E-state index contributed by atoms with van der Waals surface area (Å²) < 4.78 is 12.2. The minimum atomic E-state index is -1.42. The van der Waals surface area contributed by atoms with Gasteiger partial charge >= 0.3 is 11.9 Å². The molecule has 0 aliphatic rings. The minimum absolute atomic E-state index is 0.00711. The number of benzene rings is 2. The van der Waals surface area contributed by atoms with E-state index in [0.717, 1.165) is 5.56 Å². The maximum Gasteiger partial charge on any atom is 0.336 e. The molecule has 0 bridgehead atoms. The molecule has 0 amide bonds. The monoisotopic (exact) mass is 640 g/mol. The third kappa shape index (κ3) is 9.04. The van der Waals surface area contributed by atoms with Crippen LogP contribution in [0.3, 0.4) is 0 Å². The van der Waals surface area contributed by atoms with E-state index >= 15 is 0 Å². The van der Waals surface area contributed by atoms with Crippen LogP contribution in [0.1, 0.15) is 66.0 Å². The van der Waals surface area contributed by atoms with Gasteiger partial charge in [0, 0.05) is 38.5 Å². The van der Waals surface area contributed by atoms with Gasteiger partial charge in [-0.15, -0.1) is 26.3 Å². The molecule has 9 heteroatoms. The molecule has 1 atom stereocenters. The maximum atomic E-state index is 13.3. The second-order valence-corrected chi connectivity index (χ2v) is 11.5. The number of aliphatic hydroxyl groups excluding tert-OH is 1. The van der Waals surface area contributed by atoms with E-state index in [1.165, 1.54) is 12.1 Å². The first kappa shape index (κ1) is 36.4. The Bertz CT molecular complexity index is 1580. The Morgan fingerprint density at radius 1 is 0.766 bits per heavy atom. The van der Waals surface area contributed by atoms with Gasteiger partial charge in [0.25, 0.3) is 0 Å². The number of carbonyl (C=O) groups is 2. The summed E-state index contributed by atoms with van der Waals surface area (Å²) in [4.78, 5) is 36.4. The number of phenols is 2. The Morgan fingerprint density at radius 3 is 1.77 bits per heavy atom. The number of aromatic nitrogens is 2. The SMILES string of the molecule is C=CCC(CC=C)(OC(=O)CCc1ccc(O)c(O)c1)c1nc(C)c(C(CC=C)(CC=C)OC(=O)C(O)Cc2ccccc2)nc1C. The third-order valence-corrected chi connectivity index (χ3v) is 7.81. The second kappa shape index (κ2) is 16.5. The first-order valence-electron chi connectivity index (χ1n) is 15.4. The zero-order valence-electron chi connectivity index (χ0n) is 27.2. The molecule has 0 aliphatic heterocycles. The largest absolute Gasteiger partial charge is 0.504 e. The molecule has 0 fully saturated rings. The summed E-state index contributed by atoms with van der Waals surface area (Å²) in [6.45, 7) is 19.0. The number of aromatic hydroxyl groups is 2. The van der Waals surface area contributed by atoms with Gasteiger partial charge in [-0.1, -0.05) is 60.7 Å². The summed E-state index contributed by atoms with van der Waals surface area (Å²) in [5, 5.41) is 30.2. The Balaban J connectivity index is 1.99. The van der Waals surface area contributed by atoms with Crippen LogP contribution in [0.15, 0.2) is 99.2 Å². The number of phenolic OH excluding ortho intramolecular Hbond substituents is 2. The van der Waals surface area contributed by atoms with Crippen LogP contribution in [0.25, 0.3) is 0 Å². The molecular weight excluding hydrogens is 596 g/mol. The van der Waals surface area contributed by atoms with Gasteiger partial charge in [0.1, 0.15) is 11.4 Å². The van der Waals surface area contributed by atoms with E-state index in [2.05, 4.69) is 26.3 Å². The second-order valence-electron chi connectivity index (χ2n) is 11.5. The maximum absolute atomic E-state index is 13.3. The predicted molar refractivity (Wildman–Crippen MR) is 181 cm³/mol. The fourth-order valence-electron chi connectivity index (χ4n) is 5.64. The Hall–Kier alpha value is -5.02. The molecule has 3 rings (SSSR count). The van der Waals surface area contributed by atoms with E-state index < -0.39 is 29.2 Å². The fourth-order valence-corrected chi connectivity index (χ4v) is 5.64. The van der Waals surface area contributed by atoms with Crippen molar-refractivity contribution in [3.05, 3.63) is 133 Å². The van der Waals surface area contributed by atoms with Crippen LogP contribution in [-0.4, -0.2) is 43.3 Å². The van der Waals surface area contributed by atoms with E-state index in [1.54, 1.807) is 44.2 Å². The minimum Gasteiger partial charge on any atom is -0.504 e. The topological polar surface area (TPSA) is 139 Å². The van der Waals surface area contributed by atoms with Gasteiger partial charge < -0.3 is 24.8 Å². The lowest BCUT2D eigenvalue weighted by molar-refractivity contribution is -0.171. The average Bonchev–Trinajstić information content (AvgIpc) is 3.03. The van der Waals surface area contributed by atoms with Crippen LogP contribution < -0.4 is 0 Å². The quantitative estimate of drug-likeness (QED) is 0.0805. The van der Waals surface area contributed by atoms with Crippen molar-refractivity contribution in [2.24, 2.45) is 0 Å². The van der Waals surface area contributed by atoms with Gasteiger partial charge in [-0.05, 0) is 43.5 Å². The lowest BCUT2D eigenvalue weighted by atomic mass is 9.86. The summed E-state index contributed by atoms with van der Waals surface area (Å²) in [6.07, 6.45) is 6.17. The molecule has 0 saturated carbocycles. The van der Waals surface area contributed by atoms with Crippen molar-refractivity contribution in [1.29, 1.82) is 0 Å². The first-order valence-corrected chi connectivity index (χ1v) is 15.4. The highest BCUT2D eigenvalue weighted by Gasteiger charge is 2.43. The highest BCUT2D eigenvalue weighted by atomic mass is 16.6. The zero-order valence-corrected chi connectivity index (χ0v) is 27.2. The lowest BCUT2D eigenvalue weighted by Gasteiger charge is -2.36. The molecule has 0 saturated heterocycles. The van der Waals surface area contributed by atoms with Crippen LogP contribution in [0.2, 0.25) is 0 Å². The fraction of sp³-hybridized carbons (Fsp3) is 0.316. The van der Waals surface area contributed by atoms with E-state index in [0.29, 0.717) is 28.3 Å². The number of aryl methyl sites for hydroxylation is 3. The first-order chi connectivity index (χ1) is 22.4. The summed E-state index contributed by atoms with van der Waals surface area (Å²) in [7, 11) is 0. The molecule has 0 aliphatic carbocycles. The molecule has 1 aromatic heterocycles. The van der Waals surface area contributed by atoms with Gasteiger partial charge in [0.15, 0.2) is 28.8 Å². The molecule has 47 heavy (non-hydrogen) atoms. The van der Waals surface area contributed by atoms with Gasteiger partial charge in [-0.2, -0.15) is 0 Å². The van der Waals surface area contributed by atoms with Crippen LogP contribution in [0, 0.1) is 13.8 Å². The van der Waals surface area contributed by atoms with Crippen molar-refractivity contribution < 1.29 is 34.4 Å². The van der Waals surface area contributed by atoms with Gasteiger partial charge in [0.2, 0.25) is 0 Å². The van der Waals surface area contributed by atoms with Crippen molar-refractivity contribution >= 4 is 11.9 Å². The van der Waals surface area contributed by atoms with E-state index in [9.17, 15) is 24.9 Å². The van der Waals surface area contributed by atoms with Crippen molar-refractivity contribution in [3.63, 3.8) is 0 Å². The molecular formula is C38H44N2O7. The van der Waals surface area contributed by atoms with Crippen molar-refractivity contribution in [2.75, 3.05) is 0 Å². The van der Waals surface area contributed by atoms with E-state index in [-0.39, 0.29) is 56.4 Å². The van der Waals surface area contributed by atoms with Gasteiger partial charge in [-0.25, -0.2) is 14.8 Å². The van der Waals surface area contributed by atoms with E-state index in [4.69, 9.17) is 19.4 Å². The van der Waals surface area contributed by atoms with Crippen molar-refractivity contribution in [3.8, 4) is 11.5 Å². The third-order valence-electron chi connectivity index (χ3n) is 7.81. The molecule has 0 spiro atoms. The summed E-state index contributed by atoms with van der Waals surface area (Å²) in [6, 6.07) is 13.5. The van der Waals surface area contributed by atoms with Crippen LogP contribution >= 0.6 is 0 Å². The highest BCUT2D eigenvalue weighted by Crippen LogP contribution is 2.40. The number of ether oxygens (including phenoxy) is 2. The number of esters is 2. The van der Waals surface area contributed by atoms with Gasteiger partial charge in [-0.3, -0.25) is 4.79 Å². The molecule has 248 valence electrons. The van der Waals surface area contributed by atoms with Crippen molar-refractivity contribution in [2.45, 2.75) is 76.1 Å². The highest BCUT2D eigenvalue weighted by molar-refractivity contribution is 5.75. The van der Waals surface area contributed by atoms with E-state index in [1.807, 2.05) is 30.3 Å². The molecule has 3 N–H and O–H groups in total. The van der Waals surface area contributed by atoms with Crippen LogP contribution in [0.4, 0.5) is 0 Å². The summed E-state index contributed by atoms with van der Waals surface area (Å²) in [5.41, 5.74) is 0.416. The number of hydrogen-bond acceptors (Lipinski definition) is 9. The van der Waals surface area contributed by atoms with Crippen LogP contribution in [-0.2, 0) is 43.1 Å². The Morgan fingerprint density at radius 2 is 1.28 bits per heavy atom. The zero-order chi connectivity index (χ0) is 34.6. The Labute approximate surface area is 276 Å². The number of hydrogen-bond donors (Lipinski definition) is 3. The Kier molecular flexibility index (Phi) is 12.8. The number of carbonyl (C=O) groups excluding carboxylic acids is 2. The molecule has 9 nitrogen and oxygen atoms in total. The molecule has 0 radical (unpaired) electrons. The smallest absolute Gasteiger partial charge is 0.336 e. The number of aliphatic hydroxyl groups is 1. The summed E-state index contributed by atoms with van der Waals surface area (Å²) in [5.74, 6) is -1.85. The molecule has 1 heterocycles. The van der Waals surface area contributed by atoms with Gasteiger partial charge in [0.05, 0.1) is 11.4 Å². The normalized spacial score (nSPS) is 12.1. The molecule has 2 aromatic carbocycles. The number of rotatable bonds is 18. The lowest BCUT2D eigenvalue weighted by Crippen LogP contribution is -2.40. The van der Waals surface area contributed by atoms with Crippen LogP contribution in [0.5, 0.6) is 11.5 Å². The predicted octanol–water partition coefficient (Wildman–Crippen LogP) is 6.52. The molecule has 3 aromatic rings. The standard InChI is InChI=1S/C38H44N2O7/c1-7-20-37(21-8-2,46-33(44)19-17-29-16-18-30(41)31(42)24-29)34-26(5)40-35(27(6)39-34)38(22-9-3,23-10-4)47-36(45)32(43)25-28-14-12-11-13-15-28/h7-16,18,24,32,41-43H,1-4,17,19-23,25H2,5-6H3. The molecule has 1 unspecified atom stereocenters.